The van der Waals surface area contributed by atoms with E-state index in [1.807, 2.05) is 55.1 Å². The Kier molecular flexibility index (Phi) is 4.32. The molecule has 23 heavy (non-hydrogen) atoms. The Morgan fingerprint density at radius 3 is 3.09 bits per heavy atom. The number of benzene rings is 1. The van der Waals surface area contributed by atoms with Gasteiger partial charge in [0.1, 0.15) is 5.82 Å². The second-order valence-corrected chi connectivity index (χ2v) is 5.47. The molecule has 1 unspecified atom stereocenters. The molecule has 0 aliphatic rings. The maximum atomic E-state index is 12.1. The van der Waals surface area contributed by atoms with Gasteiger partial charge in [0, 0.05) is 25.1 Å². The number of carbonyl (C=O) groups is 1. The first-order valence-electron chi connectivity index (χ1n) is 7.79. The van der Waals surface area contributed by atoms with E-state index in [4.69, 9.17) is 0 Å². The van der Waals surface area contributed by atoms with Crippen LogP contribution in [0, 0.1) is 0 Å². The van der Waals surface area contributed by atoms with Crippen LogP contribution >= 0.6 is 0 Å². The number of rotatable bonds is 5. The molecular weight excluding hydrogens is 290 g/mol. The number of amides is 2. The highest BCUT2D eigenvalue weighted by Crippen LogP contribution is 2.22. The normalized spacial score (nSPS) is 12.3. The molecule has 6 heteroatoms. The number of hydrogen-bond donors (Lipinski definition) is 3. The van der Waals surface area contributed by atoms with E-state index >= 15 is 0 Å². The number of aromatic nitrogens is 3. The van der Waals surface area contributed by atoms with Crippen molar-refractivity contribution < 1.29 is 4.79 Å². The predicted octanol–water partition coefficient (Wildman–Crippen LogP) is 2.94. The number of urea groups is 1. The fourth-order valence-electron chi connectivity index (χ4n) is 2.75. The minimum Gasteiger partial charge on any atom is -0.361 e. The highest BCUT2D eigenvalue weighted by atomic mass is 16.2. The van der Waals surface area contributed by atoms with Crippen LogP contribution in [0.15, 0.2) is 42.9 Å². The van der Waals surface area contributed by atoms with Crippen LogP contribution in [0.4, 0.5) is 4.79 Å². The molecule has 3 rings (SSSR count). The Morgan fingerprint density at radius 2 is 2.26 bits per heavy atom. The first kappa shape index (κ1) is 15.1. The number of H-pyrrole nitrogens is 1. The van der Waals surface area contributed by atoms with Gasteiger partial charge in [-0.25, -0.2) is 9.78 Å². The summed E-state index contributed by atoms with van der Waals surface area (Å²) < 4.78 is 2.00. The van der Waals surface area contributed by atoms with E-state index in [1.54, 1.807) is 6.20 Å². The Labute approximate surface area is 134 Å². The quantitative estimate of drug-likeness (QED) is 0.677. The Balaban J connectivity index is 1.62. The van der Waals surface area contributed by atoms with Crippen molar-refractivity contribution in [3.63, 3.8) is 0 Å². The summed E-state index contributed by atoms with van der Waals surface area (Å²) in [5.74, 6) is 0.849. The molecule has 0 saturated heterocycles. The largest absolute Gasteiger partial charge is 0.361 e. The molecule has 0 aliphatic heterocycles. The molecule has 6 nitrogen and oxygen atoms in total. The van der Waals surface area contributed by atoms with Gasteiger partial charge in [0.2, 0.25) is 0 Å². The first-order chi connectivity index (χ1) is 11.2. The van der Waals surface area contributed by atoms with Crippen molar-refractivity contribution in [2.24, 2.45) is 0 Å². The minimum absolute atomic E-state index is 0.0942. The number of imidazole rings is 1. The number of nitrogens with zero attached hydrogens (tertiary/aromatic N) is 2. The number of aromatic amines is 1. The topological polar surface area (TPSA) is 74.7 Å². The van der Waals surface area contributed by atoms with Gasteiger partial charge in [0.05, 0.1) is 18.1 Å². The third kappa shape index (κ3) is 3.21. The van der Waals surface area contributed by atoms with Gasteiger partial charge in [-0.15, -0.1) is 0 Å². The number of fused-ring (bicyclic) bond motifs is 1. The average molecular weight is 311 g/mol. The molecule has 1 aromatic carbocycles. The fraction of sp³-hybridized carbons (Fsp3) is 0.294. The summed E-state index contributed by atoms with van der Waals surface area (Å²) in [6.45, 7) is 5.27. The lowest BCUT2D eigenvalue weighted by Gasteiger charge is -2.16. The number of carbonyl (C=O) groups excluding carboxylic acids is 1. The van der Waals surface area contributed by atoms with Crippen LogP contribution in [0.5, 0.6) is 0 Å². The molecule has 0 aliphatic carbocycles. The molecule has 2 aromatic heterocycles. The summed E-state index contributed by atoms with van der Waals surface area (Å²) >= 11 is 0. The minimum atomic E-state index is -0.202. The molecule has 0 radical (unpaired) electrons. The molecular formula is C17H21N5O. The van der Waals surface area contributed by atoms with Crippen LogP contribution < -0.4 is 10.6 Å². The maximum absolute atomic E-state index is 12.1. The lowest BCUT2D eigenvalue weighted by Crippen LogP contribution is -2.37. The summed E-state index contributed by atoms with van der Waals surface area (Å²) in [6.07, 6.45) is 5.56. The van der Waals surface area contributed by atoms with Crippen LogP contribution in [0.3, 0.4) is 0 Å². The summed E-state index contributed by atoms with van der Waals surface area (Å²) in [5, 5.41) is 6.97. The van der Waals surface area contributed by atoms with E-state index < -0.39 is 0 Å². The summed E-state index contributed by atoms with van der Waals surface area (Å²) in [4.78, 5) is 19.6. The highest BCUT2D eigenvalue weighted by molar-refractivity contribution is 5.83. The highest BCUT2D eigenvalue weighted by Gasteiger charge is 2.13. The third-order valence-electron chi connectivity index (χ3n) is 3.98. The van der Waals surface area contributed by atoms with Gasteiger partial charge < -0.3 is 20.2 Å². The van der Waals surface area contributed by atoms with Crippen molar-refractivity contribution in [2.45, 2.75) is 33.0 Å². The molecule has 3 aromatic rings. The number of aryl methyl sites for hydroxylation is 1. The zero-order chi connectivity index (χ0) is 16.2. The molecule has 120 valence electrons. The summed E-state index contributed by atoms with van der Waals surface area (Å²) in [5.41, 5.74) is 2.12. The second-order valence-electron chi connectivity index (χ2n) is 5.47. The standard InChI is InChI=1S/C17H21N5O/c1-3-22-10-9-18-15(22)11-20-17(23)21-12(2)14-6-4-5-13-7-8-19-16(13)14/h4-10,12,19H,3,11H2,1-2H3,(H2,20,21,23). The van der Waals surface area contributed by atoms with Gasteiger partial charge in [-0.05, 0) is 30.9 Å². The summed E-state index contributed by atoms with van der Waals surface area (Å²) in [7, 11) is 0. The third-order valence-corrected chi connectivity index (χ3v) is 3.98. The molecule has 0 bridgehead atoms. The van der Waals surface area contributed by atoms with Crippen molar-refractivity contribution in [1.82, 2.24) is 25.2 Å². The van der Waals surface area contributed by atoms with E-state index in [0.717, 1.165) is 28.8 Å². The molecule has 1 atom stereocenters. The lowest BCUT2D eigenvalue weighted by atomic mass is 10.1. The van der Waals surface area contributed by atoms with Crippen LogP contribution in [-0.4, -0.2) is 20.6 Å². The monoisotopic (exact) mass is 311 g/mol. The predicted molar refractivity (Wildman–Crippen MR) is 90.0 cm³/mol. The van der Waals surface area contributed by atoms with Gasteiger partial charge in [0.25, 0.3) is 0 Å². The van der Waals surface area contributed by atoms with Crippen LogP contribution in [0.2, 0.25) is 0 Å². The van der Waals surface area contributed by atoms with Gasteiger partial charge in [-0.2, -0.15) is 0 Å². The molecule has 2 amide bonds. The van der Waals surface area contributed by atoms with E-state index in [0.29, 0.717) is 6.54 Å². The SMILES string of the molecule is CCn1ccnc1CNC(=O)NC(C)c1cccc2cc[nH]c12. The van der Waals surface area contributed by atoms with E-state index in [-0.39, 0.29) is 12.1 Å². The molecule has 3 N–H and O–H groups in total. The Morgan fingerprint density at radius 1 is 1.39 bits per heavy atom. The van der Waals surface area contributed by atoms with Crippen molar-refractivity contribution in [3.05, 3.63) is 54.2 Å². The van der Waals surface area contributed by atoms with Crippen molar-refractivity contribution in [2.75, 3.05) is 0 Å². The van der Waals surface area contributed by atoms with Crippen molar-refractivity contribution in [1.29, 1.82) is 0 Å². The van der Waals surface area contributed by atoms with Gasteiger partial charge >= 0.3 is 6.03 Å². The second kappa shape index (κ2) is 6.56. The Bertz CT molecular complexity index is 804. The fourth-order valence-corrected chi connectivity index (χ4v) is 2.75. The van der Waals surface area contributed by atoms with Crippen LogP contribution in [0.1, 0.15) is 31.3 Å². The maximum Gasteiger partial charge on any atom is 0.315 e. The number of para-hydroxylation sites is 1. The van der Waals surface area contributed by atoms with E-state index in [1.165, 1.54) is 0 Å². The Hall–Kier alpha value is -2.76. The van der Waals surface area contributed by atoms with Crippen LogP contribution in [-0.2, 0) is 13.1 Å². The zero-order valence-corrected chi connectivity index (χ0v) is 13.3. The molecule has 2 heterocycles. The summed E-state index contributed by atoms with van der Waals surface area (Å²) in [6, 6.07) is 7.80. The smallest absolute Gasteiger partial charge is 0.315 e. The van der Waals surface area contributed by atoms with Gasteiger partial charge in [0.15, 0.2) is 0 Å². The van der Waals surface area contributed by atoms with Crippen molar-refractivity contribution >= 4 is 16.9 Å². The lowest BCUT2D eigenvalue weighted by molar-refractivity contribution is 0.237. The van der Waals surface area contributed by atoms with Crippen LogP contribution in [0.25, 0.3) is 10.9 Å². The molecule has 0 saturated carbocycles. The number of hydrogen-bond acceptors (Lipinski definition) is 2. The average Bonchev–Trinajstić information content (AvgIpc) is 3.20. The van der Waals surface area contributed by atoms with E-state index in [2.05, 4.69) is 20.6 Å². The zero-order valence-electron chi connectivity index (χ0n) is 13.3. The molecule has 0 fully saturated rings. The molecule has 0 spiro atoms. The van der Waals surface area contributed by atoms with E-state index in [9.17, 15) is 4.79 Å². The van der Waals surface area contributed by atoms with Gasteiger partial charge in [-0.3, -0.25) is 0 Å². The van der Waals surface area contributed by atoms with Gasteiger partial charge in [-0.1, -0.05) is 18.2 Å². The first-order valence-corrected chi connectivity index (χ1v) is 7.79. The van der Waals surface area contributed by atoms with Crippen molar-refractivity contribution in [3.8, 4) is 0 Å². The number of nitrogens with one attached hydrogen (secondary N) is 3.